The minimum Gasteiger partial charge on any atom is -0.346 e. The first-order chi connectivity index (χ1) is 8.78. The van der Waals surface area contributed by atoms with Gasteiger partial charge in [-0.15, -0.1) is 0 Å². The van der Waals surface area contributed by atoms with Crippen LogP contribution < -0.4 is 0 Å². The van der Waals surface area contributed by atoms with E-state index in [2.05, 4.69) is 32.7 Å². The van der Waals surface area contributed by atoms with Gasteiger partial charge < -0.3 is 4.90 Å². The highest BCUT2D eigenvalue weighted by molar-refractivity contribution is 9.09. The second-order valence-electron chi connectivity index (χ2n) is 5.66. The van der Waals surface area contributed by atoms with Crippen LogP contribution in [0.25, 0.3) is 0 Å². The molecule has 5 heteroatoms. The van der Waals surface area contributed by atoms with Gasteiger partial charge in [-0.3, -0.25) is 9.89 Å². The number of aliphatic imine (C=N–C) groups is 1. The maximum absolute atomic E-state index is 4.76. The summed E-state index contributed by atoms with van der Waals surface area (Å²) in [5, 5.41) is 3.01. The van der Waals surface area contributed by atoms with Crippen molar-refractivity contribution in [2.45, 2.75) is 43.5 Å². The van der Waals surface area contributed by atoms with Gasteiger partial charge in [0, 0.05) is 35.8 Å². The predicted octanol–water partition coefficient (Wildman–Crippen LogP) is 2.41. The number of alkyl halides is 1. The average Bonchev–Trinajstić information content (AvgIpc) is 2.86. The number of fused-ring (bicyclic) bond motifs is 1. The first-order valence-corrected chi connectivity index (χ1v) is 9.06. The quantitative estimate of drug-likeness (QED) is 0.687. The van der Waals surface area contributed by atoms with Crippen molar-refractivity contribution in [1.29, 1.82) is 0 Å². The maximum Gasteiger partial charge on any atom is 0.159 e. The highest BCUT2D eigenvalue weighted by Crippen LogP contribution is 2.30. The van der Waals surface area contributed by atoms with Crippen molar-refractivity contribution in [3.8, 4) is 0 Å². The standard InChI is InChI=1S/C13H22BrN3S/c1-10-8-16-5-3-2-4-11(16)9-17(10)13-15-7-12(6-14)18-13/h10-12H,2-9H2,1H3. The number of piperidine rings is 1. The summed E-state index contributed by atoms with van der Waals surface area (Å²) >= 11 is 5.55. The highest BCUT2D eigenvalue weighted by Gasteiger charge is 2.36. The molecule has 3 heterocycles. The number of amidine groups is 1. The molecule has 0 saturated carbocycles. The van der Waals surface area contributed by atoms with Gasteiger partial charge in [-0.2, -0.15) is 0 Å². The highest BCUT2D eigenvalue weighted by atomic mass is 79.9. The number of piperazine rings is 1. The Kier molecular flexibility index (Phi) is 4.21. The van der Waals surface area contributed by atoms with E-state index in [-0.39, 0.29) is 0 Å². The van der Waals surface area contributed by atoms with Crippen molar-refractivity contribution >= 4 is 32.9 Å². The second kappa shape index (κ2) is 5.71. The summed E-state index contributed by atoms with van der Waals surface area (Å²) in [7, 11) is 0. The first-order valence-electron chi connectivity index (χ1n) is 7.05. The fourth-order valence-electron chi connectivity index (χ4n) is 3.26. The Morgan fingerprint density at radius 3 is 3.06 bits per heavy atom. The third-order valence-corrected chi connectivity index (χ3v) is 6.74. The van der Waals surface area contributed by atoms with E-state index in [0.29, 0.717) is 11.3 Å². The van der Waals surface area contributed by atoms with Gasteiger partial charge in [-0.1, -0.05) is 34.1 Å². The number of hydrogen-bond acceptors (Lipinski definition) is 4. The van der Waals surface area contributed by atoms with Gasteiger partial charge in [0.15, 0.2) is 5.17 Å². The van der Waals surface area contributed by atoms with Crippen molar-refractivity contribution in [2.75, 3.05) is 31.5 Å². The Bertz CT molecular complexity index is 336. The largest absolute Gasteiger partial charge is 0.346 e. The van der Waals surface area contributed by atoms with E-state index in [1.165, 1.54) is 44.1 Å². The molecule has 3 nitrogen and oxygen atoms in total. The summed E-state index contributed by atoms with van der Waals surface area (Å²) in [5.74, 6) is 0. The molecule has 0 aromatic rings. The molecule has 3 atom stereocenters. The van der Waals surface area contributed by atoms with Crippen molar-refractivity contribution in [3.05, 3.63) is 0 Å². The molecule has 0 radical (unpaired) electrons. The van der Waals surface area contributed by atoms with Gasteiger partial charge in [-0.25, -0.2) is 0 Å². The molecule has 0 amide bonds. The molecule has 102 valence electrons. The lowest BCUT2D eigenvalue weighted by Crippen LogP contribution is -2.59. The number of rotatable bonds is 1. The minimum atomic E-state index is 0.625. The lowest BCUT2D eigenvalue weighted by molar-refractivity contribution is 0.0518. The summed E-state index contributed by atoms with van der Waals surface area (Å²) in [6.45, 7) is 7.08. The van der Waals surface area contributed by atoms with Gasteiger partial charge in [0.25, 0.3) is 0 Å². The van der Waals surface area contributed by atoms with Crippen LogP contribution in [0.1, 0.15) is 26.2 Å². The number of halogens is 1. The zero-order valence-corrected chi connectivity index (χ0v) is 13.4. The van der Waals surface area contributed by atoms with Crippen LogP contribution in [-0.4, -0.2) is 63.8 Å². The van der Waals surface area contributed by atoms with Crippen LogP contribution in [0.3, 0.4) is 0 Å². The van der Waals surface area contributed by atoms with Crippen LogP contribution in [0.5, 0.6) is 0 Å². The van der Waals surface area contributed by atoms with Crippen LogP contribution in [0, 0.1) is 0 Å². The molecule has 2 saturated heterocycles. The molecule has 0 bridgehead atoms. The lowest BCUT2D eigenvalue weighted by atomic mass is 9.97. The predicted molar refractivity (Wildman–Crippen MR) is 82.9 cm³/mol. The van der Waals surface area contributed by atoms with Crippen molar-refractivity contribution < 1.29 is 0 Å². The van der Waals surface area contributed by atoms with Gasteiger partial charge in [-0.05, 0) is 26.3 Å². The van der Waals surface area contributed by atoms with E-state index in [9.17, 15) is 0 Å². The molecule has 0 spiro atoms. The SMILES string of the molecule is CC1CN2CCCCC2CN1C1=NCC(CBr)S1. The molecule has 0 aliphatic carbocycles. The van der Waals surface area contributed by atoms with E-state index in [1.807, 2.05) is 11.8 Å². The van der Waals surface area contributed by atoms with Crippen molar-refractivity contribution in [3.63, 3.8) is 0 Å². The van der Waals surface area contributed by atoms with E-state index >= 15 is 0 Å². The maximum atomic E-state index is 4.76. The van der Waals surface area contributed by atoms with Crippen LogP contribution in [0.2, 0.25) is 0 Å². The Morgan fingerprint density at radius 1 is 1.39 bits per heavy atom. The van der Waals surface area contributed by atoms with Crippen LogP contribution in [-0.2, 0) is 0 Å². The Hall–Kier alpha value is 0.260. The number of thioether (sulfide) groups is 1. The number of nitrogens with zero attached hydrogens (tertiary/aromatic N) is 3. The third-order valence-electron chi connectivity index (χ3n) is 4.31. The fraction of sp³-hybridized carbons (Fsp3) is 0.923. The molecule has 2 fully saturated rings. The van der Waals surface area contributed by atoms with E-state index in [0.717, 1.165) is 17.9 Å². The molecular formula is C13H22BrN3S. The Balaban J connectivity index is 1.66. The Labute approximate surface area is 123 Å². The molecule has 0 aromatic carbocycles. The van der Waals surface area contributed by atoms with Gasteiger partial charge in [0.05, 0.1) is 6.54 Å². The van der Waals surface area contributed by atoms with E-state index in [1.54, 1.807) is 0 Å². The molecule has 3 aliphatic rings. The van der Waals surface area contributed by atoms with Crippen molar-refractivity contribution in [1.82, 2.24) is 9.80 Å². The Morgan fingerprint density at radius 2 is 2.28 bits per heavy atom. The molecule has 3 unspecified atom stereocenters. The first kappa shape index (κ1) is 13.3. The van der Waals surface area contributed by atoms with E-state index in [4.69, 9.17) is 4.99 Å². The molecular weight excluding hydrogens is 310 g/mol. The lowest BCUT2D eigenvalue weighted by Gasteiger charge is -2.48. The van der Waals surface area contributed by atoms with Gasteiger partial charge >= 0.3 is 0 Å². The summed E-state index contributed by atoms with van der Waals surface area (Å²) in [6, 6.07) is 1.40. The smallest absolute Gasteiger partial charge is 0.159 e. The van der Waals surface area contributed by atoms with E-state index < -0.39 is 0 Å². The zero-order valence-electron chi connectivity index (χ0n) is 11.0. The summed E-state index contributed by atoms with van der Waals surface area (Å²) in [5.41, 5.74) is 0. The van der Waals surface area contributed by atoms with Gasteiger partial charge in [0.2, 0.25) is 0 Å². The monoisotopic (exact) mass is 331 g/mol. The van der Waals surface area contributed by atoms with Crippen molar-refractivity contribution in [2.24, 2.45) is 4.99 Å². The normalized spacial score (nSPS) is 37.6. The van der Waals surface area contributed by atoms with Crippen LogP contribution in [0.4, 0.5) is 0 Å². The second-order valence-corrected chi connectivity index (χ2v) is 7.58. The molecule has 3 rings (SSSR count). The van der Waals surface area contributed by atoms with Gasteiger partial charge in [0.1, 0.15) is 0 Å². The molecule has 0 aromatic heterocycles. The molecule has 0 N–H and O–H groups in total. The number of hydrogen-bond donors (Lipinski definition) is 0. The molecule has 18 heavy (non-hydrogen) atoms. The minimum absolute atomic E-state index is 0.625. The van der Waals surface area contributed by atoms with Crippen LogP contribution in [0.15, 0.2) is 4.99 Å². The average molecular weight is 332 g/mol. The topological polar surface area (TPSA) is 18.8 Å². The zero-order chi connectivity index (χ0) is 12.5. The third kappa shape index (κ3) is 2.59. The summed E-state index contributed by atoms with van der Waals surface area (Å²) in [6.07, 6.45) is 4.18. The summed E-state index contributed by atoms with van der Waals surface area (Å²) in [4.78, 5) is 10.0. The summed E-state index contributed by atoms with van der Waals surface area (Å²) < 4.78 is 0. The molecule has 3 aliphatic heterocycles. The fourth-order valence-corrected chi connectivity index (χ4v) is 4.91. The van der Waals surface area contributed by atoms with Crippen LogP contribution >= 0.6 is 27.7 Å².